The second kappa shape index (κ2) is 4.07. The molecule has 0 saturated carbocycles. The molecule has 5 heteroatoms. The van der Waals surface area contributed by atoms with Gasteiger partial charge in [-0.1, -0.05) is 6.07 Å². The predicted molar refractivity (Wildman–Crippen MR) is 68.9 cm³/mol. The molecule has 0 radical (unpaired) electrons. The minimum Gasteiger partial charge on any atom is -0.350 e. The van der Waals surface area contributed by atoms with E-state index >= 15 is 0 Å². The quantitative estimate of drug-likeness (QED) is 0.629. The molecule has 3 nitrogen and oxygen atoms in total. The first-order chi connectivity index (χ1) is 8.66. The molecule has 0 saturated heterocycles. The lowest BCUT2D eigenvalue weighted by Crippen LogP contribution is -1.86. The van der Waals surface area contributed by atoms with Crippen LogP contribution in [0.2, 0.25) is 5.28 Å². The van der Waals surface area contributed by atoms with Crippen LogP contribution in [0.25, 0.3) is 22.2 Å². The van der Waals surface area contributed by atoms with Crippen LogP contribution in [0, 0.1) is 5.82 Å². The molecule has 2 heterocycles. The van der Waals surface area contributed by atoms with Crippen LogP contribution in [0.4, 0.5) is 4.39 Å². The van der Waals surface area contributed by atoms with Gasteiger partial charge in [0.05, 0.1) is 11.2 Å². The van der Waals surface area contributed by atoms with Gasteiger partial charge in [0.25, 0.3) is 0 Å². The van der Waals surface area contributed by atoms with Gasteiger partial charge in [-0.05, 0) is 29.8 Å². The summed E-state index contributed by atoms with van der Waals surface area (Å²) in [7, 11) is 1.87. The number of hydrogen-bond donors (Lipinski definition) is 0. The van der Waals surface area contributed by atoms with Gasteiger partial charge in [-0.15, -0.1) is 0 Å². The summed E-state index contributed by atoms with van der Waals surface area (Å²) in [4.78, 5) is 7.95. The molecule has 3 rings (SSSR count). The Hall–Kier alpha value is -1.94. The van der Waals surface area contributed by atoms with E-state index in [-0.39, 0.29) is 11.1 Å². The summed E-state index contributed by atoms with van der Waals surface area (Å²) in [5, 5.41) is 0.704. The molecule has 0 fully saturated rings. The zero-order valence-corrected chi connectivity index (χ0v) is 10.3. The van der Waals surface area contributed by atoms with Crippen molar-refractivity contribution in [2.24, 2.45) is 7.05 Å². The predicted octanol–water partition coefficient (Wildman–Crippen LogP) is 3.43. The van der Waals surface area contributed by atoms with E-state index in [0.29, 0.717) is 11.1 Å². The average molecular weight is 262 g/mol. The molecule has 0 aliphatic carbocycles. The topological polar surface area (TPSA) is 30.7 Å². The van der Waals surface area contributed by atoms with E-state index in [0.717, 1.165) is 11.1 Å². The lowest BCUT2D eigenvalue weighted by Gasteiger charge is -1.99. The highest BCUT2D eigenvalue weighted by molar-refractivity contribution is 6.28. The SMILES string of the molecule is Cn1cc(-c2ccnc(Cl)n2)c2c(F)cccc21. The number of rotatable bonds is 1. The molecule has 18 heavy (non-hydrogen) atoms. The van der Waals surface area contributed by atoms with Crippen LogP contribution < -0.4 is 0 Å². The Bertz CT molecular complexity index is 736. The highest BCUT2D eigenvalue weighted by Gasteiger charge is 2.13. The van der Waals surface area contributed by atoms with E-state index < -0.39 is 0 Å². The second-order valence-electron chi connectivity index (χ2n) is 4.00. The molecule has 3 aromatic rings. The number of hydrogen-bond acceptors (Lipinski definition) is 2. The van der Waals surface area contributed by atoms with Crippen molar-refractivity contribution in [1.82, 2.24) is 14.5 Å². The standard InChI is InChI=1S/C13H9ClFN3/c1-18-7-8(10-5-6-16-13(14)17-10)12-9(15)3-2-4-11(12)18/h2-7H,1H3. The molecule has 0 amide bonds. The number of aryl methyl sites for hydroxylation is 1. The number of fused-ring (bicyclic) bond motifs is 1. The van der Waals surface area contributed by atoms with Gasteiger partial charge in [0.2, 0.25) is 5.28 Å². The van der Waals surface area contributed by atoms with Crippen molar-refractivity contribution in [2.75, 3.05) is 0 Å². The van der Waals surface area contributed by atoms with Crippen LogP contribution in [0.5, 0.6) is 0 Å². The van der Waals surface area contributed by atoms with E-state index in [1.165, 1.54) is 6.07 Å². The molecule has 0 bridgehead atoms. The number of nitrogens with zero attached hydrogens (tertiary/aromatic N) is 3. The van der Waals surface area contributed by atoms with Crippen LogP contribution in [-0.4, -0.2) is 14.5 Å². The summed E-state index contributed by atoms with van der Waals surface area (Å²) in [6.45, 7) is 0. The van der Waals surface area contributed by atoms with Crippen LogP contribution in [0.15, 0.2) is 36.7 Å². The molecular formula is C13H9ClFN3. The molecule has 0 N–H and O–H groups in total. The molecule has 0 atom stereocenters. The zero-order valence-electron chi connectivity index (χ0n) is 9.56. The fraction of sp³-hybridized carbons (Fsp3) is 0.0769. The molecule has 1 aromatic carbocycles. The molecule has 0 unspecified atom stereocenters. The lowest BCUT2D eigenvalue weighted by molar-refractivity contribution is 0.640. The Morgan fingerprint density at radius 1 is 1.28 bits per heavy atom. The molecule has 0 spiro atoms. The fourth-order valence-corrected chi connectivity index (χ4v) is 2.23. The molecule has 0 aliphatic rings. The van der Waals surface area contributed by atoms with E-state index in [1.807, 2.05) is 23.9 Å². The monoisotopic (exact) mass is 261 g/mol. The first-order valence-electron chi connectivity index (χ1n) is 5.39. The minimum absolute atomic E-state index is 0.154. The van der Waals surface area contributed by atoms with Crippen molar-refractivity contribution in [3.8, 4) is 11.3 Å². The van der Waals surface area contributed by atoms with Crippen LogP contribution >= 0.6 is 11.6 Å². The third-order valence-corrected chi connectivity index (χ3v) is 3.05. The minimum atomic E-state index is -0.266. The highest BCUT2D eigenvalue weighted by Crippen LogP contribution is 2.31. The van der Waals surface area contributed by atoms with Gasteiger partial charge in [-0.2, -0.15) is 0 Å². The van der Waals surface area contributed by atoms with Crippen molar-refractivity contribution < 1.29 is 4.39 Å². The lowest BCUT2D eigenvalue weighted by atomic mass is 10.1. The van der Waals surface area contributed by atoms with Crippen LogP contribution in [0.3, 0.4) is 0 Å². The van der Waals surface area contributed by atoms with E-state index in [1.54, 1.807) is 18.3 Å². The molecular weight excluding hydrogens is 253 g/mol. The van der Waals surface area contributed by atoms with Gasteiger partial charge in [0.1, 0.15) is 5.82 Å². The molecule has 90 valence electrons. The first-order valence-corrected chi connectivity index (χ1v) is 5.77. The number of benzene rings is 1. The molecule has 2 aromatic heterocycles. The Morgan fingerprint density at radius 2 is 2.11 bits per heavy atom. The van der Waals surface area contributed by atoms with Gasteiger partial charge in [-0.25, -0.2) is 14.4 Å². The maximum absolute atomic E-state index is 14.0. The summed E-state index contributed by atoms with van der Waals surface area (Å²) in [5.74, 6) is -0.266. The Labute approximate surface area is 108 Å². The van der Waals surface area contributed by atoms with Crippen molar-refractivity contribution in [3.05, 3.63) is 47.8 Å². The summed E-state index contributed by atoms with van der Waals surface area (Å²) in [6.07, 6.45) is 3.40. The second-order valence-corrected chi connectivity index (χ2v) is 4.34. The van der Waals surface area contributed by atoms with Crippen molar-refractivity contribution in [2.45, 2.75) is 0 Å². The summed E-state index contributed by atoms with van der Waals surface area (Å²) < 4.78 is 15.8. The van der Waals surface area contributed by atoms with Crippen LogP contribution in [-0.2, 0) is 7.05 Å². The smallest absolute Gasteiger partial charge is 0.222 e. The third kappa shape index (κ3) is 1.66. The highest BCUT2D eigenvalue weighted by atomic mass is 35.5. The maximum Gasteiger partial charge on any atom is 0.222 e. The van der Waals surface area contributed by atoms with Gasteiger partial charge >= 0.3 is 0 Å². The fourth-order valence-electron chi connectivity index (χ4n) is 2.08. The third-order valence-electron chi connectivity index (χ3n) is 2.87. The van der Waals surface area contributed by atoms with Crippen molar-refractivity contribution in [1.29, 1.82) is 0 Å². The summed E-state index contributed by atoms with van der Waals surface area (Å²) in [6, 6.07) is 6.71. The largest absolute Gasteiger partial charge is 0.350 e. The van der Waals surface area contributed by atoms with E-state index in [9.17, 15) is 4.39 Å². The first kappa shape index (κ1) is 11.2. The Kier molecular flexibility index (Phi) is 2.52. The number of aromatic nitrogens is 3. The molecule has 0 aliphatic heterocycles. The zero-order chi connectivity index (χ0) is 12.7. The summed E-state index contributed by atoms with van der Waals surface area (Å²) in [5.41, 5.74) is 2.15. The van der Waals surface area contributed by atoms with E-state index in [4.69, 9.17) is 11.6 Å². The average Bonchev–Trinajstić information content (AvgIpc) is 2.69. The van der Waals surface area contributed by atoms with Crippen molar-refractivity contribution in [3.63, 3.8) is 0 Å². The van der Waals surface area contributed by atoms with E-state index in [2.05, 4.69) is 9.97 Å². The Balaban J connectivity index is 2.36. The van der Waals surface area contributed by atoms with Crippen LogP contribution in [0.1, 0.15) is 0 Å². The maximum atomic E-state index is 14.0. The van der Waals surface area contributed by atoms with Gasteiger partial charge in [0.15, 0.2) is 0 Å². The van der Waals surface area contributed by atoms with Crippen molar-refractivity contribution >= 4 is 22.5 Å². The normalized spacial score (nSPS) is 11.1. The Morgan fingerprint density at radius 3 is 2.89 bits per heavy atom. The number of halogens is 2. The van der Waals surface area contributed by atoms with Gasteiger partial charge in [0, 0.05) is 30.4 Å². The van der Waals surface area contributed by atoms with Gasteiger partial charge in [-0.3, -0.25) is 0 Å². The summed E-state index contributed by atoms with van der Waals surface area (Å²) >= 11 is 5.77. The van der Waals surface area contributed by atoms with Gasteiger partial charge < -0.3 is 4.57 Å².